The van der Waals surface area contributed by atoms with Gasteiger partial charge in [0.25, 0.3) is 11.5 Å². The standard InChI is InChI=1S/C25H26ClN5O4/c1-4-30-21-9-7-16(11-18(21)24(34)31(5-2)25(30)35)29-22(32)14(3)12-28-23(33)15-6-8-17(19(26)10-15)20-13-27-20/h6-11,14H,4-5,12-13H2,1-3H3,(H,28,33)(H,29,32). The Hall–Kier alpha value is -3.72. The van der Waals surface area contributed by atoms with E-state index in [2.05, 4.69) is 15.6 Å². The Labute approximate surface area is 206 Å². The molecule has 2 N–H and O–H groups in total. The third kappa shape index (κ3) is 4.90. The van der Waals surface area contributed by atoms with Crippen LogP contribution in [0.15, 0.2) is 51.0 Å². The molecule has 0 saturated carbocycles. The number of carbonyl (C=O) groups excluding carboxylic acids is 2. The zero-order chi connectivity index (χ0) is 25.3. The van der Waals surface area contributed by atoms with Crippen molar-refractivity contribution in [2.75, 3.05) is 18.4 Å². The maximum atomic E-state index is 12.8. The fourth-order valence-electron chi connectivity index (χ4n) is 3.89. The first-order valence-corrected chi connectivity index (χ1v) is 11.8. The molecule has 0 radical (unpaired) electrons. The smallest absolute Gasteiger partial charge is 0.331 e. The van der Waals surface area contributed by atoms with Gasteiger partial charge in [0.15, 0.2) is 0 Å². The molecule has 9 nitrogen and oxygen atoms in total. The van der Waals surface area contributed by atoms with E-state index < -0.39 is 11.5 Å². The van der Waals surface area contributed by atoms with Crippen molar-refractivity contribution < 1.29 is 9.59 Å². The number of nitrogens with zero attached hydrogens (tertiary/aromatic N) is 3. The molecule has 4 rings (SSSR count). The molecule has 0 aliphatic carbocycles. The molecule has 182 valence electrons. The van der Waals surface area contributed by atoms with Crippen LogP contribution in [0.25, 0.3) is 10.9 Å². The first-order valence-electron chi connectivity index (χ1n) is 11.4. The number of hydrogen-bond acceptors (Lipinski definition) is 5. The Kier molecular flexibility index (Phi) is 6.88. The summed E-state index contributed by atoms with van der Waals surface area (Å²) in [4.78, 5) is 54.7. The quantitative estimate of drug-likeness (QED) is 0.500. The lowest BCUT2D eigenvalue weighted by Gasteiger charge is -2.15. The summed E-state index contributed by atoms with van der Waals surface area (Å²) in [6, 6.07) is 9.92. The predicted octanol–water partition coefficient (Wildman–Crippen LogP) is 2.66. The number of aliphatic imine (C=N–C) groups is 1. The number of rotatable bonds is 8. The van der Waals surface area contributed by atoms with Gasteiger partial charge in [0.2, 0.25) is 5.91 Å². The molecule has 0 saturated heterocycles. The number of nitrogens with one attached hydrogen (secondary N) is 2. The zero-order valence-electron chi connectivity index (χ0n) is 19.7. The second-order valence-electron chi connectivity index (χ2n) is 8.37. The van der Waals surface area contributed by atoms with Crippen LogP contribution in [-0.2, 0) is 17.9 Å². The third-order valence-electron chi connectivity index (χ3n) is 6.00. The van der Waals surface area contributed by atoms with Gasteiger partial charge in [-0.25, -0.2) is 4.79 Å². The van der Waals surface area contributed by atoms with Crippen LogP contribution in [0, 0.1) is 5.92 Å². The molecule has 2 amide bonds. The van der Waals surface area contributed by atoms with E-state index >= 15 is 0 Å². The van der Waals surface area contributed by atoms with Crippen LogP contribution in [0.2, 0.25) is 5.02 Å². The van der Waals surface area contributed by atoms with Crippen LogP contribution in [-0.4, -0.2) is 39.7 Å². The number of anilines is 1. The molecule has 2 aromatic carbocycles. The van der Waals surface area contributed by atoms with Gasteiger partial charge in [-0.1, -0.05) is 24.6 Å². The summed E-state index contributed by atoms with van der Waals surface area (Å²) in [6.45, 7) is 6.72. The molecule has 1 aliphatic rings. The second kappa shape index (κ2) is 9.87. The first-order chi connectivity index (χ1) is 16.7. The fraction of sp³-hybridized carbons (Fsp3) is 0.320. The van der Waals surface area contributed by atoms with Crippen LogP contribution >= 0.6 is 11.6 Å². The molecule has 0 bridgehead atoms. The molecule has 2 heterocycles. The Bertz CT molecular complexity index is 1490. The van der Waals surface area contributed by atoms with E-state index in [1.807, 2.05) is 6.92 Å². The van der Waals surface area contributed by atoms with Gasteiger partial charge in [0.1, 0.15) is 0 Å². The number of carbonyl (C=O) groups is 2. The highest BCUT2D eigenvalue weighted by Crippen LogP contribution is 2.23. The lowest BCUT2D eigenvalue weighted by molar-refractivity contribution is -0.119. The number of hydrogen-bond donors (Lipinski definition) is 2. The van der Waals surface area contributed by atoms with Gasteiger partial charge in [0, 0.05) is 36.4 Å². The Morgan fingerprint density at radius 1 is 1.09 bits per heavy atom. The van der Waals surface area contributed by atoms with Crippen LogP contribution in [0.3, 0.4) is 0 Å². The average Bonchev–Trinajstić information content (AvgIpc) is 3.68. The minimum absolute atomic E-state index is 0.113. The van der Waals surface area contributed by atoms with Gasteiger partial charge in [-0.2, -0.15) is 0 Å². The summed E-state index contributed by atoms with van der Waals surface area (Å²) >= 11 is 6.24. The molecule has 0 spiro atoms. The van der Waals surface area contributed by atoms with Gasteiger partial charge < -0.3 is 10.6 Å². The lowest BCUT2D eigenvalue weighted by atomic mass is 10.1. The number of amides is 2. The molecule has 10 heteroatoms. The Morgan fingerprint density at radius 3 is 2.43 bits per heavy atom. The molecular weight excluding hydrogens is 470 g/mol. The Morgan fingerprint density at radius 2 is 1.80 bits per heavy atom. The minimum atomic E-state index is -0.540. The van der Waals surface area contributed by atoms with Crippen molar-refractivity contribution >= 4 is 45.7 Å². The highest BCUT2D eigenvalue weighted by Gasteiger charge is 2.19. The van der Waals surface area contributed by atoms with Crippen molar-refractivity contribution in [1.82, 2.24) is 14.5 Å². The topological polar surface area (TPSA) is 115 Å². The summed E-state index contributed by atoms with van der Waals surface area (Å²) in [5.41, 5.74) is 2.35. The van der Waals surface area contributed by atoms with Gasteiger partial charge in [0.05, 0.1) is 34.1 Å². The van der Waals surface area contributed by atoms with Crippen molar-refractivity contribution in [1.29, 1.82) is 0 Å². The van der Waals surface area contributed by atoms with Crippen molar-refractivity contribution in [3.8, 4) is 0 Å². The largest absolute Gasteiger partial charge is 0.351 e. The van der Waals surface area contributed by atoms with Crippen molar-refractivity contribution in [2.45, 2.75) is 33.9 Å². The SMILES string of the molecule is CCn1c(=O)c2cc(NC(=O)C(C)CNC(=O)c3ccc(C4=NC4)c(Cl)c3)ccc2n(CC)c1=O. The second-order valence-corrected chi connectivity index (χ2v) is 8.77. The van der Waals surface area contributed by atoms with E-state index in [1.54, 1.807) is 50.2 Å². The van der Waals surface area contributed by atoms with E-state index in [1.165, 1.54) is 9.13 Å². The molecule has 3 aromatic rings. The number of fused-ring (bicyclic) bond motifs is 1. The number of halogens is 1. The summed E-state index contributed by atoms with van der Waals surface area (Å²) in [6.07, 6.45) is 0. The van der Waals surface area contributed by atoms with Crippen molar-refractivity contribution in [2.24, 2.45) is 10.9 Å². The van der Waals surface area contributed by atoms with E-state index in [9.17, 15) is 19.2 Å². The lowest BCUT2D eigenvalue weighted by Crippen LogP contribution is -2.39. The maximum absolute atomic E-state index is 12.8. The molecule has 1 atom stereocenters. The van der Waals surface area contributed by atoms with Crippen LogP contribution in [0.1, 0.15) is 36.7 Å². The monoisotopic (exact) mass is 495 g/mol. The maximum Gasteiger partial charge on any atom is 0.331 e. The zero-order valence-corrected chi connectivity index (χ0v) is 20.5. The van der Waals surface area contributed by atoms with Crippen LogP contribution in [0.5, 0.6) is 0 Å². The van der Waals surface area contributed by atoms with Gasteiger partial charge in [-0.3, -0.25) is 28.5 Å². The summed E-state index contributed by atoms with van der Waals surface area (Å²) in [5, 5.41) is 6.36. The summed E-state index contributed by atoms with van der Waals surface area (Å²) in [5.74, 6) is -1.19. The number of benzene rings is 2. The summed E-state index contributed by atoms with van der Waals surface area (Å²) < 4.78 is 2.70. The van der Waals surface area contributed by atoms with Crippen LogP contribution < -0.4 is 21.9 Å². The average molecular weight is 496 g/mol. The fourth-order valence-corrected chi connectivity index (χ4v) is 4.18. The van der Waals surface area contributed by atoms with E-state index in [4.69, 9.17) is 11.6 Å². The number of aryl methyl sites for hydroxylation is 1. The highest BCUT2D eigenvalue weighted by molar-refractivity contribution is 6.35. The molecule has 1 unspecified atom stereocenters. The van der Waals surface area contributed by atoms with E-state index in [0.717, 1.165) is 11.3 Å². The molecule has 1 aromatic heterocycles. The van der Waals surface area contributed by atoms with Crippen molar-refractivity contribution in [3.63, 3.8) is 0 Å². The molecular formula is C25H26ClN5O4. The van der Waals surface area contributed by atoms with Gasteiger partial charge in [-0.15, -0.1) is 0 Å². The van der Waals surface area contributed by atoms with Crippen LogP contribution in [0.4, 0.5) is 5.69 Å². The molecule has 0 fully saturated rings. The number of aromatic nitrogens is 2. The predicted molar refractivity (Wildman–Crippen MR) is 137 cm³/mol. The van der Waals surface area contributed by atoms with Crippen molar-refractivity contribution in [3.05, 3.63) is 73.4 Å². The third-order valence-corrected chi connectivity index (χ3v) is 6.31. The minimum Gasteiger partial charge on any atom is -0.351 e. The Balaban J connectivity index is 1.44. The normalized spacial score (nSPS) is 13.3. The molecule has 1 aliphatic heterocycles. The highest BCUT2D eigenvalue weighted by atomic mass is 35.5. The van der Waals surface area contributed by atoms with E-state index in [0.29, 0.717) is 40.3 Å². The van der Waals surface area contributed by atoms with Gasteiger partial charge in [-0.05, 0) is 44.2 Å². The van der Waals surface area contributed by atoms with E-state index in [-0.39, 0.29) is 30.6 Å². The van der Waals surface area contributed by atoms with Gasteiger partial charge >= 0.3 is 5.69 Å². The first kappa shape index (κ1) is 24.4. The summed E-state index contributed by atoms with van der Waals surface area (Å²) in [7, 11) is 0. The molecule has 35 heavy (non-hydrogen) atoms.